The van der Waals surface area contributed by atoms with E-state index in [9.17, 15) is 15.0 Å². The quantitative estimate of drug-likeness (QED) is 0.337. The van der Waals surface area contributed by atoms with E-state index in [4.69, 9.17) is 22.1 Å². The monoisotopic (exact) mass is 509 g/mol. The van der Waals surface area contributed by atoms with Crippen LogP contribution in [0.4, 0.5) is 4.79 Å². The van der Waals surface area contributed by atoms with Crippen molar-refractivity contribution in [2.45, 2.75) is 82.0 Å². The summed E-state index contributed by atoms with van der Waals surface area (Å²) < 4.78 is 5.19. The SMILES string of the molecule is COCCCC[C@@](O)(c1cccc(Cl)c1)[C@@H]1CCCN(C(=O)N[C@H](CN)[C@@H](O)C2CCCCC2)C1. The molecule has 4 atom stereocenters. The predicted octanol–water partition coefficient (Wildman–Crippen LogP) is 4.03. The van der Waals surface area contributed by atoms with Gasteiger partial charge in [0.15, 0.2) is 0 Å². The van der Waals surface area contributed by atoms with E-state index >= 15 is 0 Å². The third-order valence-electron chi connectivity index (χ3n) is 7.97. The molecule has 1 aromatic carbocycles. The minimum absolute atomic E-state index is 0.123. The van der Waals surface area contributed by atoms with Gasteiger partial charge in [-0.05, 0) is 68.6 Å². The van der Waals surface area contributed by atoms with E-state index in [0.29, 0.717) is 31.1 Å². The number of likely N-dealkylation sites (tertiary alicyclic amines) is 1. The number of unbranched alkanes of at least 4 members (excludes halogenated alkanes) is 1. The number of nitrogens with zero attached hydrogens (tertiary/aromatic N) is 1. The number of nitrogens with two attached hydrogens (primary N) is 1. The molecule has 3 rings (SSSR count). The molecule has 1 saturated carbocycles. The second-order valence-corrected chi connectivity index (χ2v) is 10.8. The molecule has 1 saturated heterocycles. The molecule has 2 aliphatic rings. The van der Waals surface area contributed by atoms with Crippen molar-refractivity contribution in [3.8, 4) is 0 Å². The Morgan fingerprint density at radius 1 is 1.26 bits per heavy atom. The Hall–Kier alpha value is -1.38. The van der Waals surface area contributed by atoms with Crippen molar-refractivity contribution in [1.82, 2.24) is 10.2 Å². The Kier molecular flexibility index (Phi) is 11.1. The van der Waals surface area contributed by atoms with Crippen LogP contribution in [0.3, 0.4) is 0 Å². The smallest absolute Gasteiger partial charge is 0.317 e. The topological polar surface area (TPSA) is 108 Å². The largest absolute Gasteiger partial charge is 0.391 e. The number of methoxy groups -OCH3 is 1. The number of ether oxygens (including phenoxy) is 1. The van der Waals surface area contributed by atoms with Gasteiger partial charge in [0.25, 0.3) is 0 Å². The van der Waals surface area contributed by atoms with Gasteiger partial charge in [0.2, 0.25) is 0 Å². The molecule has 0 bridgehead atoms. The zero-order valence-electron chi connectivity index (χ0n) is 21.1. The fourth-order valence-corrected chi connectivity index (χ4v) is 6.06. The van der Waals surface area contributed by atoms with E-state index in [1.807, 2.05) is 24.3 Å². The molecule has 0 unspecified atom stereocenters. The molecule has 1 aliphatic carbocycles. The summed E-state index contributed by atoms with van der Waals surface area (Å²) in [6.45, 7) is 1.91. The van der Waals surface area contributed by atoms with Crippen molar-refractivity contribution in [2.24, 2.45) is 17.6 Å². The molecule has 198 valence electrons. The first-order chi connectivity index (χ1) is 16.9. The first kappa shape index (κ1) is 28.2. The number of hydrogen-bond donors (Lipinski definition) is 4. The van der Waals surface area contributed by atoms with Crippen LogP contribution in [0.1, 0.15) is 69.8 Å². The van der Waals surface area contributed by atoms with Crippen LogP contribution in [0.5, 0.6) is 0 Å². The lowest BCUT2D eigenvalue weighted by Crippen LogP contribution is -2.57. The summed E-state index contributed by atoms with van der Waals surface area (Å²) in [6, 6.07) is 6.75. The third-order valence-corrected chi connectivity index (χ3v) is 8.21. The summed E-state index contributed by atoms with van der Waals surface area (Å²) in [5.41, 5.74) is 5.67. The molecule has 2 amide bonds. The van der Waals surface area contributed by atoms with Gasteiger partial charge >= 0.3 is 6.03 Å². The number of urea groups is 1. The second-order valence-electron chi connectivity index (χ2n) is 10.4. The van der Waals surface area contributed by atoms with Crippen LogP contribution in [0.25, 0.3) is 0 Å². The van der Waals surface area contributed by atoms with Crippen molar-refractivity contribution in [2.75, 3.05) is 33.4 Å². The highest BCUT2D eigenvalue weighted by molar-refractivity contribution is 6.30. The van der Waals surface area contributed by atoms with Crippen LogP contribution in [0, 0.1) is 11.8 Å². The molecule has 5 N–H and O–H groups in total. The number of hydrogen-bond acceptors (Lipinski definition) is 5. The van der Waals surface area contributed by atoms with E-state index in [1.165, 1.54) is 6.42 Å². The fraction of sp³-hybridized carbons (Fsp3) is 0.741. The van der Waals surface area contributed by atoms with Crippen molar-refractivity contribution < 1.29 is 19.7 Å². The molecular weight excluding hydrogens is 466 g/mol. The van der Waals surface area contributed by atoms with Gasteiger partial charge in [0.05, 0.1) is 17.7 Å². The molecule has 0 radical (unpaired) electrons. The summed E-state index contributed by atoms with van der Waals surface area (Å²) in [5.74, 6) is 0.0642. The number of rotatable bonds is 11. The Balaban J connectivity index is 1.69. The maximum atomic E-state index is 13.2. The van der Waals surface area contributed by atoms with E-state index in [-0.39, 0.29) is 24.4 Å². The summed E-state index contributed by atoms with van der Waals surface area (Å²) in [6.07, 6.45) is 8.64. The van der Waals surface area contributed by atoms with Crippen molar-refractivity contribution >= 4 is 17.6 Å². The summed E-state index contributed by atoms with van der Waals surface area (Å²) in [4.78, 5) is 15.0. The Morgan fingerprint density at radius 2 is 2.03 bits per heavy atom. The van der Waals surface area contributed by atoms with Crippen LogP contribution in [-0.4, -0.2) is 66.6 Å². The zero-order chi connectivity index (χ0) is 25.3. The van der Waals surface area contributed by atoms with Gasteiger partial charge in [-0.1, -0.05) is 43.0 Å². The number of amides is 2. The summed E-state index contributed by atoms with van der Waals surface area (Å²) in [5, 5.41) is 26.5. The lowest BCUT2D eigenvalue weighted by molar-refractivity contribution is -0.0566. The lowest BCUT2D eigenvalue weighted by atomic mass is 9.74. The van der Waals surface area contributed by atoms with Crippen molar-refractivity contribution in [3.63, 3.8) is 0 Å². The molecule has 8 heteroatoms. The number of carbonyl (C=O) groups excluding carboxylic acids is 1. The molecule has 1 aliphatic heterocycles. The number of benzene rings is 1. The minimum Gasteiger partial charge on any atom is -0.391 e. The highest BCUT2D eigenvalue weighted by Crippen LogP contribution is 2.40. The number of carbonyl (C=O) groups is 1. The second kappa shape index (κ2) is 13.8. The average Bonchev–Trinajstić information content (AvgIpc) is 2.89. The number of piperidine rings is 1. The van der Waals surface area contributed by atoms with Gasteiger partial charge in [0.1, 0.15) is 0 Å². The van der Waals surface area contributed by atoms with Gasteiger partial charge in [-0.15, -0.1) is 0 Å². The standard InChI is InChI=1S/C27H44ClN3O4/c1-35-16-6-5-14-27(34,21-11-7-13-23(28)17-21)22-12-8-15-31(19-22)26(33)30-24(18-29)25(32)20-9-3-2-4-10-20/h7,11,13,17,20,22,24-25,32,34H,2-6,8-10,12,14-16,18-19,29H2,1H3,(H,30,33)/t22-,24-,25+,27-/m1/s1. The number of aliphatic hydroxyl groups is 2. The fourth-order valence-electron chi connectivity index (χ4n) is 5.87. The van der Waals surface area contributed by atoms with E-state index < -0.39 is 17.7 Å². The van der Waals surface area contributed by atoms with E-state index in [1.54, 1.807) is 12.0 Å². The van der Waals surface area contributed by atoms with Gasteiger partial charge in [-0.2, -0.15) is 0 Å². The van der Waals surface area contributed by atoms with Crippen LogP contribution in [0.2, 0.25) is 5.02 Å². The summed E-state index contributed by atoms with van der Waals surface area (Å²) in [7, 11) is 1.68. The third kappa shape index (κ3) is 7.56. The van der Waals surface area contributed by atoms with Crippen molar-refractivity contribution in [3.05, 3.63) is 34.9 Å². The molecule has 35 heavy (non-hydrogen) atoms. The Bertz CT molecular complexity index is 791. The Labute approximate surface area is 215 Å². The first-order valence-electron chi connectivity index (χ1n) is 13.3. The van der Waals surface area contributed by atoms with Gasteiger partial charge < -0.3 is 30.9 Å². The predicted molar refractivity (Wildman–Crippen MR) is 139 cm³/mol. The van der Waals surface area contributed by atoms with Crippen molar-refractivity contribution in [1.29, 1.82) is 0 Å². The van der Waals surface area contributed by atoms with Crippen LogP contribution in [-0.2, 0) is 10.3 Å². The average molecular weight is 510 g/mol. The molecule has 7 nitrogen and oxygen atoms in total. The first-order valence-corrected chi connectivity index (χ1v) is 13.7. The molecule has 1 heterocycles. The molecular formula is C27H44ClN3O4. The molecule has 0 aromatic heterocycles. The minimum atomic E-state index is -1.09. The van der Waals surface area contributed by atoms with Crippen LogP contribution < -0.4 is 11.1 Å². The van der Waals surface area contributed by atoms with Gasteiger partial charge in [-0.25, -0.2) is 4.79 Å². The number of halogens is 1. The maximum Gasteiger partial charge on any atom is 0.317 e. The van der Waals surface area contributed by atoms with E-state index in [0.717, 1.165) is 56.9 Å². The van der Waals surface area contributed by atoms with Gasteiger partial charge in [-0.3, -0.25) is 0 Å². The molecule has 1 aromatic rings. The number of aliphatic hydroxyl groups excluding tert-OH is 1. The normalized spacial score (nSPS) is 22.9. The maximum absolute atomic E-state index is 13.2. The highest BCUT2D eigenvalue weighted by Gasteiger charge is 2.41. The summed E-state index contributed by atoms with van der Waals surface area (Å²) >= 11 is 6.28. The Morgan fingerprint density at radius 3 is 2.71 bits per heavy atom. The lowest BCUT2D eigenvalue weighted by Gasteiger charge is -2.43. The highest BCUT2D eigenvalue weighted by atomic mass is 35.5. The van der Waals surface area contributed by atoms with Gasteiger partial charge in [0, 0.05) is 44.3 Å². The zero-order valence-corrected chi connectivity index (χ0v) is 21.9. The van der Waals surface area contributed by atoms with E-state index in [2.05, 4.69) is 5.32 Å². The molecule has 0 spiro atoms. The van der Waals surface area contributed by atoms with Crippen LogP contribution >= 0.6 is 11.6 Å². The number of nitrogens with one attached hydrogen (secondary N) is 1. The van der Waals surface area contributed by atoms with Crippen LogP contribution in [0.15, 0.2) is 24.3 Å². The molecule has 2 fully saturated rings.